The SMILES string of the molecule is CNC(=O)C1CCCCN1c1cc(C(=O)O)cc(Cl)n1. The van der Waals surface area contributed by atoms with Crippen molar-refractivity contribution in [3.05, 3.63) is 22.8 Å². The second-order valence-corrected chi connectivity index (χ2v) is 5.05. The lowest BCUT2D eigenvalue weighted by Crippen LogP contribution is -2.49. The van der Waals surface area contributed by atoms with Gasteiger partial charge in [-0.1, -0.05) is 11.6 Å². The number of carboxylic acids is 1. The van der Waals surface area contributed by atoms with Gasteiger partial charge in [-0.25, -0.2) is 9.78 Å². The largest absolute Gasteiger partial charge is 0.478 e. The maximum atomic E-state index is 11.9. The van der Waals surface area contributed by atoms with Crippen molar-refractivity contribution < 1.29 is 14.7 Å². The number of likely N-dealkylation sites (N-methyl/N-ethyl adjacent to an activating group) is 1. The third-order valence-corrected chi connectivity index (χ3v) is 3.57. The van der Waals surface area contributed by atoms with E-state index in [0.717, 1.165) is 19.3 Å². The molecule has 0 aliphatic carbocycles. The van der Waals surface area contributed by atoms with Crippen molar-refractivity contribution in [2.24, 2.45) is 0 Å². The first-order valence-corrected chi connectivity index (χ1v) is 6.80. The molecule has 20 heavy (non-hydrogen) atoms. The maximum Gasteiger partial charge on any atom is 0.335 e. The molecule has 1 unspecified atom stereocenters. The molecule has 0 spiro atoms. The summed E-state index contributed by atoms with van der Waals surface area (Å²) in [5.41, 5.74) is 0.0706. The summed E-state index contributed by atoms with van der Waals surface area (Å²) in [7, 11) is 1.59. The molecule has 1 atom stereocenters. The number of aromatic carboxylic acids is 1. The van der Waals surface area contributed by atoms with E-state index >= 15 is 0 Å². The first-order chi connectivity index (χ1) is 9.52. The van der Waals surface area contributed by atoms with Gasteiger partial charge in [0.15, 0.2) is 0 Å². The van der Waals surface area contributed by atoms with Crippen molar-refractivity contribution in [3.63, 3.8) is 0 Å². The monoisotopic (exact) mass is 297 g/mol. The number of carbonyl (C=O) groups is 2. The molecule has 0 bridgehead atoms. The molecule has 2 heterocycles. The number of carboxylic acid groups (broad SMARTS) is 1. The van der Waals surface area contributed by atoms with Crippen molar-refractivity contribution in [2.75, 3.05) is 18.5 Å². The number of halogens is 1. The van der Waals surface area contributed by atoms with Crippen LogP contribution in [0.25, 0.3) is 0 Å². The van der Waals surface area contributed by atoms with E-state index in [4.69, 9.17) is 16.7 Å². The Balaban J connectivity index is 2.37. The zero-order valence-corrected chi connectivity index (χ0v) is 11.9. The molecular weight excluding hydrogens is 282 g/mol. The molecule has 1 aliphatic heterocycles. The molecule has 2 rings (SSSR count). The van der Waals surface area contributed by atoms with Crippen molar-refractivity contribution in [1.29, 1.82) is 0 Å². The van der Waals surface area contributed by atoms with Crippen molar-refractivity contribution in [2.45, 2.75) is 25.3 Å². The van der Waals surface area contributed by atoms with Crippen LogP contribution in [0.5, 0.6) is 0 Å². The summed E-state index contributed by atoms with van der Waals surface area (Å²) in [6.45, 7) is 0.657. The Kier molecular flexibility index (Phi) is 4.44. The van der Waals surface area contributed by atoms with Gasteiger partial charge in [0.25, 0.3) is 0 Å². The molecule has 2 N–H and O–H groups in total. The van der Waals surface area contributed by atoms with Gasteiger partial charge in [-0.05, 0) is 31.4 Å². The zero-order chi connectivity index (χ0) is 14.7. The van der Waals surface area contributed by atoms with Gasteiger partial charge < -0.3 is 15.3 Å². The minimum atomic E-state index is -1.07. The molecule has 1 fully saturated rings. The molecule has 0 aromatic carbocycles. The van der Waals surface area contributed by atoms with E-state index in [9.17, 15) is 9.59 Å². The van der Waals surface area contributed by atoms with Crippen LogP contribution in [0.4, 0.5) is 5.82 Å². The highest BCUT2D eigenvalue weighted by atomic mass is 35.5. The molecule has 6 nitrogen and oxygen atoms in total. The molecule has 108 valence electrons. The van der Waals surface area contributed by atoms with Gasteiger partial charge in [0.05, 0.1) is 5.56 Å². The second kappa shape index (κ2) is 6.09. The van der Waals surface area contributed by atoms with Crippen LogP contribution < -0.4 is 10.2 Å². The van der Waals surface area contributed by atoms with E-state index in [1.165, 1.54) is 12.1 Å². The molecule has 1 amide bonds. The van der Waals surface area contributed by atoms with E-state index in [2.05, 4.69) is 10.3 Å². The number of carbonyl (C=O) groups excluding carboxylic acids is 1. The van der Waals surface area contributed by atoms with Crippen molar-refractivity contribution in [3.8, 4) is 0 Å². The lowest BCUT2D eigenvalue weighted by molar-refractivity contribution is -0.122. The second-order valence-electron chi connectivity index (χ2n) is 4.66. The Morgan fingerprint density at radius 1 is 1.45 bits per heavy atom. The smallest absolute Gasteiger partial charge is 0.335 e. The number of pyridine rings is 1. The predicted molar refractivity (Wildman–Crippen MR) is 75.3 cm³/mol. The summed E-state index contributed by atoms with van der Waals surface area (Å²) < 4.78 is 0. The Morgan fingerprint density at radius 3 is 2.85 bits per heavy atom. The van der Waals surface area contributed by atoms with Crippen LogP contribution >= 0.6 is 11.6 Å². The van der Waals surface area contributed by atoms with Crippen molar-refractivity contribution >= 4 is 29.3 Å². The first-order valence-electron chi connectivity index (χ1n) is 6.42. The summed E-state index contributed by atoms with van der Waals surface area (Å²) in [5.74, 6) is -0.726. The summed E-state index contributed by atoms with van der Waals surface area (Å²) >= 11 is 5.87. The fourth-order valence-electron chi connectivity index (χ4n) is 2.40. The molecule has 1 aliphatic rings. The number of rotatable bonds is 3. The quantitative estimate of drug-likeness (QED) is 0.827. The molecule has 1 aromatic rings. The lowest BCUT2D eigenvalue weighted by atomic mass is 10.0. The van der Waals surface area contributed by atoms with E-state index in [1.54, 1.807) is 7.05 Å². The average molecular weight is 298 g/mol. The molecular formula is C13H16ClN3O3. The Labute approximate surface area is 121 Å². The first kappa shape index (κ1) is 14.6. The number of piperidine rings is 1. The number of anilines is 1. The molecule has 1 aromatic heterocycles. The zero-order valence-electron chi connectivity index (χ0n) is 11.1. The molecule has 0 saturated carbocycles. The normalized spacial score (nSPS) is 18.7. The third kappa shape index (κ3) is 3.01. The number of hydrogen-bond donors (Lipinski definition) is 2. The predicted octanol–water partition coefficient (Wildman–Crippen LogP) is 1.54. The fourth-order valence-corrected chi connectivity index (χ4v) is 2.60. The highest BCUT2D eigenvalue weighted by Crippen LogP contribution is 2.26. The lowest BCUT2D eigenvalue weighted by Gasteiger charge is -2.35. The van der Waals surface area contributed by atoms with Crippen LogP contribution in [0.15, 0.2) is 12.1 Å². The minimum Gasteiger partial charge on any atom is -0.478 e. The third-order valence-electron chi connectivity index (χ3n) is 3.37. The Morgan fingerprint density at radius 2 is 2.20 bits per heavy atom. The van der Waals surface area contributed by atoms with Crippen LogP contribution in [0.3, 0.4) is 0 Å². The number of nitrogens with zero attached hydrogens (tertiary/aromatic N) is 2. The van der Waals surface area contributed by atoms with Gasteiger partial charge in [-0.15, -0.1) is 0 Å². The minimum absolute atomic E-state index is 0.0706. The molecule has 7 heteroatoms. The van der Waals surface area contributed by atoms with Crippen molar-refractivity contribution in [1.82, 2.24) is 10.3 Å². The number of amides is 1. The molecule has 1 saturated heterocycles. The fraction of sp³-hybridized carbons (Fsp3) is 0.462. The van der Waals surface area contributed by atoms with Gasteiger partial charge >= 0.3 is 5.97 Å². The summed E-state index contributed by atoms with van der Waals surface area (Å²) in [5, 5.41) is 11.8. The standard InChI is InChI=1S/C13H16ClN3O3/c1-15-12(18)9-4-2-3-5-17(9)11-7-8(13(19)20)6-10(14)16-11/h6-7,9H,2-5H2,1H3,(H,15,18)(H,19,20). The van der Waals surface area contributed by atoms with E-state index < -0.39 is 5.97 Å². The summed E-state index contributed by atoms with van der Waals surface area (Å²) in [6.07, 6.45) is 2.61. The maximum absolute atomic E-state index is 11.9. The number of nitrogens with one attached hydrogen (secondary N) is 1. The highest BCUT2D eigenvalue weighted by molar-refractivity contribution is 6.29. The van der Waals surface area contributed by atoms with Gasteiger partial charge in [-0.2, -0.15) is 0 Å². The van der Waals surface area contributed by atoms with E-state index in [-0.39, 0.29) is 22.7 Å². The Bertz CT molecular complexity index is 536. The van der Waals surface area contributed by atoms with Crippen LogP contribution in [0, 0.1) is 0 Å². The van der Waals surface area contributed by atoms with Gasteiger partial charge in [0.2, 0.25) is 5.91 Å². The van der Waals surface area contributed by atoms with Gasteiger partial charge in [-0.3, -0.25) is 4.79 Å². The van der Waals surface area contributed by atoms with Crippen LogP contribution in [-0.4, -0.2) is 41.6 Å². The van der Waals surface area contributed by atoms with Gasteiger partial charge in [0, 0.05) is 13.6 Å². The van der Waals surface area contributed by atoms with E-state index in [0.29, 0.717) is 12.4 Å². The highest BCUT2D eigenvalue weighted by Gasteiger charge is 2.29. The van der Waals surface area contributed by atoms with Crippen LogP contribution in [0.1, 0.15) is 29.6 Å². The average Bonchev–Trinajstić information content (AvgIpc) is 2.45. The summed E-state index contributed by atoms with van der Waals surface area (Å²) in [6, 6.07) is 2.42. The summed E-state index contributed by atoms with van der Waals surface area (Å²) in [4.78, 5) is 29.0. The number of aromatic nitrogens is 1. The van der Waals surface area contributed by atoms with Crippen LogP contribution in [-0.2, 0) is 4.79 Å². The number of hydrogen-bond acceptors (Lipinski definition) is 4. The van der Waals surface area contributed by atoms with Gasteiger partial charge in [0.1, 0.15) is 17.0 Å². The Hall–Kier alpha value is -1.82. The van der Waals surface area contributed by atoms with E-state index in [1.807, 2.05) is 4.90 Å². The topological polar surface area (TPSA) is 82.5 Å². The molecule has 0 radical (unpaired) electrons. The van der Waals surface area contributed by atoms with Crippen LogP contribution in [0.2, 0.25) is 5.15 Å².